The minimum absolute atomic E-state index is 0.622. The molecular formula is C15H17N3. The molecule has 1 saturated heterocycles. The highest BCUT2D eigenvalue weighted by molar-refractivity contribution is 5.67. The normalized spacial score (nSPS) is 26.3. The van der Waals surface area contributed by atoms with Crippen LogP contribution in [0.2, 0.25) is 0 Å². The van der Waals surface area contributed by atoms with E-state index in [9.17, 15) is 0 Å². The molecule has 0 saturated carbocycles. The first-order chi connectivity index (χ1) is 8.78. The summed E-state index contributed by atoms with van der Waals surface area (Å²) in [7, 11) is 0. The smallest absolute Gasteiger partial charge is 0.101 e. The summed E-state index contributed by atoms with van der Waals surface area (Å²) >= 11 is 0. The molecule has 2 heterocycles. The van der Waals surface area contributed by atoms with Gasteiger partial charge >= 0.3 is 0 Å². The molecule has 0 radical (unpaired) electrons. The predicted octanol–water partition coefficient (Wildman–Crippen LogP) is 2.42. The number of allylic oxidation sites excluding steroid dienone is 1. The maximum absolute atomic E-state index is 9.07. The second kappa shape index (κ2) is 4.55. The largest absolute Gasteiger partial charge is 0.313 e. The molecule has 3 heteroatoms. The average molecular weight is 239 g/mol. The van der Waals surface area contributed by atoms with Crippen molar-refractivity contribution in [1.82, 2.24) is 10.3 Å². The summed E-state index contributed by atoms with van der Waals surface area (Å²) in [6, 6.07) is 4.81. The van der Waals surface area contributed by atoms with Crippen LogP contribution in [0.1, 0.15) is 36.1 Å². The van der Waals surface area contributed by atoms with Gasteiger partial charge in [0.25, 0.3) is 0 Å². The second-order valence-electron chi connectivity index (χ2n) is 5.25. The van der Waals surface area contributed by atoms with Crippen LogP contribution in [-0.4, -0.2) is 17.6 Å². The van der Waals surface area contributed by atoms with Gasteiger partial charge in [0.1, 0.15) is 6.07 Å². The molecule has 3 nitrogen and oxygen atoms in total. The topological polar surface area (TPSA) is 48.7 Å². The highest BCUT2D eigenvalue weighted by atomic mass is 15.0. The molecule has 2 aliphatic rings. The van der Waals surface area contributed by atoms with Crippen molar-refractivity contribution in [3.05, 3.63) is 35.2 Å². The first-order valence-corrected chi connectivity index (χ1v) is 6.57. The Kier molecular flexibility index (Phi) is 2.89. The van der Waals surface area contributed by atoms with Gasteiger partial charge < -0.3 is 5.32 Å². The van der Waals surface area contributed by atoms with Gasteiger partial charge in [-0.1, -0.05) is 6.08 Å². The van der Waals surface area contributed by atoms with Crippen LogP contribution < -0.4 is 5.32 Å². The SMILES string of the molecule is Cc1ncc(C2=CCC3CCNC3C2)cc1C#N. The van der Waals surface area contributed by atoms with E-state index in [0.717, 1.165) is 36.6 Å². The maximum Gasteiger partial charge on any atom is 0.101 e. The van der Waals surface area contributed by atoms with E-state index >= 15 is 0 Å². The number of pyridine rings is 1. The van der Waals surface area contributed by atoms with Crippen LogP contribution in [0, 0.1) is 24.2 Å². The summed E-state index contributed by atoms with van der Waals surface area (Å²) in [5.74, 6) is 0.808. The highest BCUT2D eigenvalue weighted by Gasteiger charge is 2.30. The molecule has 18 heavy (non-hydrogen) atoms. The Morgan fingerprint density at radius 3 is 3.22 bits per heavy atom. The zero-order valence-electron chi connectivity index (χ0n) is 10.6. The van der Waals surface area contributed by atoms with Gasteiger partial charge in [-0.05, 0) is 55.9 Å². The minimum Gasteiger partial charge on any atom is -0.313 e. The fourth-order valence-corrected chi connectivity index (χ4v) is 3.01. The number of rotatable bonds is 1. The van der Waals surface area contributed by atoms with Crippen LogP contribution in [0.4, 0.5) is 0 Å². The summed E-state index contributed by atoms with van der Waals surface area (Å²) in [6.45, 7) is 3.03. The zero-order chi connectivity index (χ0) is 12.5. The van der Waals surface area contributed by atoms with Crippen LogP contribution in [0.25, 0.3) is 5.57 Å². The number of aromatic nitrogens is 1. The molecule has 92 valence electrons. The van der Waals surface area contributed by atoms with Crippen molar-refractivity contribution in [2.24, 2.45) is 5.92 Å². The molecule has 1 fully saturated rings. The lowest BCUT2D eigenvalue weighted by atomic mass is 9.83. The number of nitriles is 1. The van der Waals surface area contributed by atoms with Crippen molar-refractivity contribution in [2.75, 3.05) is 6.54 Å². The van der Waals surface area contributed by atoms with E-state index in [1.807, 2.05) is 19.2 Å². The maximum atomic E-state index is 9.07. The lowest BCUT2D eigenvalue weighted by Crippen LogP contribution is -2.29. The Labute approximate surface area is 108 Å². The van der Waals surface area contributed by atoms with Crippen molar-refractivity contribution in [1.29, 1.82) is 5.26 Å². The average Bonchev–Trinajstić information content (AvgIpc) is 2.86. The summed E-state index contributed by atoms with van der Waals surface area (Å²) in [5, 5.41) is 12.6. The molecule has 1 aliphatic heterocycles. The third-order valence-electron chi connectivity index (χ3n) is 4.18. The molecule has 1 aromatic rings. The molecule has 2 atom stereocenters. The van der Waals surface area contributed by atoms with Gasteiger partial charge in [0.2, 0.25) is 0 Å². The zero-order valence-corrected chi connectivity index (χ0v) is 10.6. The van der Waals surface area contributed by atoms with Gasteiger partial charge in [0.15, 0.2) is 0 Å². The van der Waals surface area contributed by atoms with Crippen molar-refractivity contribution in [2.45, 2.75) is 32.2 Å². The molecule has 3 rings (SSSR count). The number of fused-ring (bicyclic) bond motifs is 1. The Balaban J connectivity index is 1.89. The first-order valence-electron chi connectivity index (χ1n) is 6.57. The van der Waals surface area contributed by atoms with Gasteiger partial charge in [0.05, 0.1) is 11.3 Å². The van der Waals surface area contributed by atoms with Gasteiger partial charge in [0, 0.05) is 12.2 Å². The molecule has 2 unspecified atom stereocenters. The Morgan fingerprint density at radius 1 is 1.50 bits per heavy atom. The van der Waals surface area contributed by atoms with Gasteiger partial charge in [-0.15, -0.1) is 0 Å². The lowest BCUT2D eigenvalue weighted by Gasteiger charge is -2.25. The summed E-state index contributed by atoms with van der Waals surface area (Å²) in [6.07, 6.45) is 7.76. The fraction of sp³-hybridized carbons (Fsp3) is 0.467. The standard InChI is InChI=1S/C15H17N3/c1-10-13(8-16)6-14(9-18-10)12-3-2-11-4-5-17-15(11)7-12/h3,6,9,11,15,17H,2,4-5,7H2,1H3. The minimum atomic E-state index is 0.622. The van der Waals surface area contributed by atoms with Crippen LogP contribution >= 0.6 is 0 Å². The molecule has 0 spiro atoms. The van der Waals surface area contributed by atoms with E-state index in [1.165, 1.54) is 12.0 Å². The first kappa shape index (κ1) is 11.4. The fourth-order valence-electron chi connectivity index (χ4n) is 3.01. The molecule has 0 amide bonds. The quantitative estimate of drug-likeness (QED) is 0.818. The Hall–Kier alpha value is -1.66. The summed E-state index contributed by atoms with van der Waals surface area (Å²) < 4.78 is 0. The number of hydrogen-bond donors (Lipinski definition) is 1. The van der Waals surface area contributed by atoms with Gasteiger partial charge in [-0.25, -0.2) is 0 Å². The Bertz CT molecular complexity index is 539. The number of nitrogens with zero attached hydrogens (tertiary/aromatic N) is 2. The third-order valence-corrected chi connectivity index (χ3v) is 4.18. The van der Waals surface area contributed by atoms with Gasteiger partial charge in [-0.2, -0.15) is 5.26 Å². The summed E-state index contributed by atoms with van der Waals surface area (Å²) in [4.78, 5) is 4.33. The van der Waals surface area contributed by atoms with Crippen molar-refractivity contribution in [3.63, 3.8) is 0 Å². The Morgan fingerprint density at radius 2 is 2.39 bits per heavy atom. The number of nitrogens with one attached hydrogen (secondary N) is 1. The third kappa shape index (κ3) is 1.93. The molecular weight excluding hydrogens is 222 g/mol. The summed E-state index contributed by atoms with van der Waals surface area (Å²) in [5.41, 5.74) is 3.96. The van der Waals surface area contributed by atoms with Gasteiger partial charge in [-0.3, -0.25) is 4.98 Å². The van der Waals surface area contributed by atoms with Crippen LogP contribution in [0.5, 0.6) is 0 Å². The van der Waals surface area contributed by atoms with Crippen molar-refractivity contribution >= 4 is 5.57 Å². The predicted molar refractivity (Wildman–Crippen MR) is 70.8 cm³/mol. The number of aryl methyl sites for hydroxylation is 1. The van der Waals surface area contributed by atoms with Crippen LogP contribution in [0.3, 0.4) is 0 Å². The van der Waals surface area contributed by atoms with Crippen molar-refractivity contribution < 1.29 is 0 Å². The second-order valence-corrected chi connectivity index (χ2v) is 5.25. The lowest BCUT2D eigenvalue weighted by molar-refractivity contribution is 0.445. The van der Waals surface area contributed by atoms with Crippen LogP contribution in [0.15, 0.2) is 18.3 Å². The van der Waals surface area contributed by atoms with Crippen molar-refractivity contribution in [3.8, 4) is 6.07 Å². The molecule has 0 aromatic carbocycles. The molecule has 1 aliphatic carbocycles. The van der Waals surface area contributed by atoms with E-state index in [0.29, 0.717) is 11.6 Å². The molecule has 0 bridgehead atoms. The highest BCUT2D eigenvalue weighted by Crippen LogP contribution is 2.34. The van der Waals surface area contributed by atoms with E-state index in [2.05, 4.69) is 22.4 Å². The van der Waals surface area contributed by atoms with E-state index in [-0.39, 0.29) is 0 Å². The van der Waals surface area contributed by atoms with E-state index in [4.69, 9.17) is 5.26 Å². The van der Waals surface area contributed by atoms with E-state index in [1.54, 1.807) is 0 Å². The molecule has 1 aromatic heterocycles. The van der Waals surface area contributed by atoms with E-state index < -0.39 is 0 Å². The number of hydrogen-bond acceptors (Lipinski definition) is 3. The molecule has 1 N–H and O–H groups in total. The van der Waals surface area contributed by atoms with Crippen LogP contribution in [-0.2, 0) is 0 Å². The monoisotopic (exact) mass is 239 g/mol.